The first-order valence-electron chi connectivity index (χ1n) is 7.82. The Morgan fingerprint density at radius 3 is 2.68 bits per heavy atom. The molecule has 25 heavy (non-hydrogen) atoms. The lowest BCUT2D eigenvalue weighted by Gasteiger charge is -2.10. The number of benzene rings is 2. The number of ether oxygens (including phenoxy) is 1. The molecule has 0 bridgehead atoms. The van der Waals surface area contributed by atoms with Crippen molar-refractivity contribution in [2.45, 2.75) is 10.8 Å². The molecule has 0 fully saturated rings. The summed E-state index contributed by atoms with van der Waals surface area (Å²) in [5, 5.41) is 2.08. The number of thioether (sulfide) groups is 1. The largest absolute Gasteiger partial charge is 0.496 e. The van der Waals surface area contributed by atoms with Gasteiger partial charge >= 0.3 is 0 Å². The highest BCUT2D eigenvalue weighted by atomic mass is 32.2. The second-order valence-electron chi connectivity index (χ2n) is 5.54. The Morgan fingerprint density at radius 2 is 1.88 bits per heavy atom. The fraction of sp³-hybridized carbons (Fsp3) is 0.100. The van der Waals surface area contributed by atoms with Crippen molar-refractivity contribution in [2.75, 3.05) is 7.11 Å². The van der Waals surface area contributed by atoms with Gasteiger partial charge in [-0.05, 0) is 30.3 Å². The van der Waals surface area contributed by atoms with Crippen LogP contribution in [-0.2, 0) is 5.75 Å². The van der Waals surface area contributed by atoms with Crippen molar-refractivity contribution >= 4 is 33.7 Å². The second-order valence-corrected chi connectivity index (χ2v) is 6.54. The summed E-state index contributed by atoms with van der Waals surface area (Å²) in [5.41, 5.74) is 2.03. The van der Waals surface area contributed by atoms with E-state index < -0.39 is 0 Å². The summed E-state index contributed by atoms with van der Waals surface area (Å²) in [4.78, 5) is 17.1. The quantitative estimate of drug-likeness (QED) is 0.397. The zero-order valence-corrected chi connectivity index (χ0v) is 14.4. The summed E-state index contributed by atoms with van der Waals surface area (Å²) in [7, 11) is 1.62. The first-order chi connectivity index (χ1) is 12.3. The molecule has 0 aliphatic rings. The lowest BCUT2D eigenvalue weighted by molar-refractivity contribution is 0.411. The van der Waals surface area contributed by atoms with Crippen LogP contribution in [0.3, 0.4) is 0 Å². The van der Waals surface area contributed by atoms with Crippen LogP contribution in [-0.4, -0.2) is 12.1 Å². The van der Waals surface area contributed by atoms with Gasteiger partial charge in [0.15, 0.2) is 0 Å². The van der Waals surface area contributed by atoms with Gasteiger partial charge in [-0.3, -0.25) is 4.79 Å². The SMILES string of the molecule is COc1cc2oc3ccccc3c(=O)c2cc1CSc1ccccn1. The molecule has 0 spiro atoms. The minimum absolute atomic E-state index is 0.0245. The summed E-state index contributed by atoms with van der Waals surface area (Å²) >= 11 is 1.60. The molecule has 0 saturated heterocycles. The molecule has 5 heteroatoms. The average molecular weight is 349 g/mol. The predicted molar refractivity (Wildman–Crippen MR) is 100 cm³/mol. The van der Waals surface area contributed by atoms with E-state index in [1.807, 2.05) is 36.4 Å². The Labute approximate surface area is 148 Å². The predicted octanol–water partition coefficient (Wildman–Crippen LogP) is 4.64. The van der Waals surface area contributed by atoms with Crippen LogP contribution in [0.2, 0.25) is 0 Å². The summed E-state index contributed by atoms with van der Waals surface area (Å²) in [6, 6.07) is 16.7. The molecule has 0 atom stereocenters. The van der Waals surface area contributed by atoms with Gasteiger partial charge in [-0.2, -0.15) is 0 Å². The first kappa shape index (κ1) is 15.7. The number of methoxy groups -OCH3 is 1. The van der Waals surface area contributed by atoms with Crippen LogP contribution < -0.4 is 10.2 Å². The maximum absolute atomic E-state index is 12.8. The van der Waals surface area contributed by atoms with Crippen molar-refractivity contribution < 1.29 is 9.15 Å². The fourth-order valence-electron chi connectivity index (χ4n) is 2.76. The number of para-hydroxylation sites is 1. The molecule has 4 nitrogen and oxygen atoms in total. The Balaban J connectivity index is 1.82. The molecule has 2 aromatic carbocycles. The smallest absolute Gasteiger partial charge is 0.200 e. The van der Waals surface area contributed by atoms with Crippen molar-refractivity contribution in [3.8, 4) is 5.75 Å². The Morgan fingerprint density at radius 1 is 1.04 bits per heavy atom. The number of fused-ring (bicyclic) bond motifs is 2. The number of hydrogen-bond donors (Lipinski definition) is 0. The zero-order chi connectivity index (χ0) is 17.2. The number of rotatable bonds is 4. The average Bonchev–Trinajstić information content (AvgIpc) is 2.67. The second kappa shape index (κ2) is 6.61. The minimum atomic E-state index is -0.0245. The molecule has 4 rings (SSSR count). The molecule has 2 aromatic heterocycles. The summed E-state index contributed by atoms with van der Waals surface area (Å²) < 4.78 is 11.4. The van der Waals surface area contributed by atoms with E-state index in [9.17, 15) is 4.79 Å². The lowest BCUT2D eigenvalue weighted by Crippen LogP contribution is -2.03. The van der Waals surface area contributed by atoms with Crippen LogP contribution in [0.15, 0.2) is 75.0 Å². The molecule has 0 N–H and O–H groups in total. The van der Waals surface area contributed by atoms with E-state index in [-0.39, 0.29) is 5.43 Å². The lowest BCUT2D eigenvalue weighted by atomic mass is 10.1. The Bertz CT molecular complexity index is 1110. The van der Waals surface area contributed by atoms with E-state index in [0.717, 1.165) is 10.6 Å². The van der Waals surface area contributed by atoms with Crippen molar-refractivity contribution in [3.05, 3.63) is 76.6 Å². The van der Waals surface area contributed by atoms with Crippen LogP contribution in [0, 0.1) is 0 Å². The van der Waals surface area contributed by atoms with Gasteiger partial charge in [0.2, 0.25) is 5.43 Å². The third-order valence-electron chi connectivity index (χ3n) is 3.99. The van der Waals surface area contributed by atoms with Crippen molar-refractivity contribution in [3.63, 3.8) is 0 Å². The molecule has 0 unspecified atom stereocenters. The number of nitrogens with zero attached hydrogens (tertiary/aromatic N) is 1. The molecular formula is C20H15NO3S. The van der Waals surface area contributed by atoms with Gasteiger partial charge in [-0.1, -0.05) is 18.2 Å². The molecule has 0 aliphatic carbocycles. The Kier molecular flexibility index (Phi) is 4.15. The highest BCUT2D eigenvalue weighted by Gasteiger charge is 2.13. The van der Waals surface area contributed by atoms with E-state index in [0.29, 0.717) is 33.4 Å². The summed E-state index contributed by atoms with van der Waals surface area (Å²) in [6.07, 6.45) is 1.76. The monoisotopic (exact) mass is 349 g/mol. The maximum Gasteiger partial charge on any atom is 0.200 e. The van der Waals surface area contributed by atoms with Crippen LogP contribution in [0.25, 0.3) is 21.9 Å². The van der Waals surface area contributed by atoms with Gasteiger partial charge in [0.25, 0.3) is 0 Å². The molecule has 124 valence electrons. The van der Waals surface area contributed by atoms with E-state index in [4.69, 9.17) is 9.15 Å². The normalized spacial score (nSPS) is 11.1. The van der Waals surface area contributed by atoms with Gasteiger partial charge < -0.3 is 9.15 Å². The van der Waals surface area contributed by atoms with E-state index in [1.54, 1.807) is 43.3 Å². The van der Waals surface area contributed by atoms with E-state index in [2.05, 4.69) is 4.98 Å². The highest BCUT2D eigenvalue weighted by Crippen LogP contribution is 2.31. The third kappa shape index (κ3) is 2.98. The highest BCUT2D eigenvalue weighted by molar-refractivity contribution is 7.98. The van der Waals surface area contributed by atoms with Gasteiger partial charge in [0.05, 0.1) is 22.9 Å². The summed E-state index contributed by atoms with van der Waals surface area (Å²) in [5.74, 6) is 1.36. The van der Waals surface area contributed by atoms with Crippen LogP contribution in [0.1, 0.15) is 5.56 Å². The van der Waals surface area contributed by atoms with Crippen molar-refractivity contribution in [1.82, 2.24) is 4.98 Å². The van der Waals surface area contributed by atoms with Gasteiger partial charge in [-0.15, -0.1) is 11.8 Å². The number of hydrogen-bond acceptors (Lipinski definition) is 5. The molecule has 0 radical (unpaired) electrons. The number of aromatic nitrogens is 1. The van der Waals surface area contributed by atoms with Gasteiger partial charge in [0.1, 0.15) is 16.9 Å². The fourth-order valence-corrected chi connectivity index (χ4v) is 3.60. The molecule has 4 aromatic rings. The first-order valence-corrected chi connectivity index (χ1v) is 8.81. The zero-order valence-electron chi connectivity index (χ0n) is 13.6. The topological polar surface area (TPSA) is 52.3 Å². The van der Waals surface area contributed by atoms with Crippen LogP contribution in [0.5, 0.6) is 5.75 Å². The third-order valence-corrected chi connectivity index (χ3v) is 4.98. The molecule has 0 aliphatic heterocycles. The molecule has 0 amide bonds. The van der Waals surface area contributed by atoms with Crippen molar-refractivity contribution in [1.29, 1.82) is 0 Å². The molecule has 0 saturated carbocycles. The van der Waals surface area contributed by atoms with Gasteiger partial charge in [-0.25, -0.2) is 4.98 Å². The van der Waals surface area contributed by atoms with Crippen molar-refractivity contribution in [2.24, 2.45) is 0 Å². The van der Waals surface area contributed by atoms with Crippen LogP contribution >= 0.6 is 11.8 Å². The van der Waals surface area contributed by atoms with Crippen LogP contribution in [0.4, 0.5) is 0 Å². The summed E-state index contributed by atoms with van der Waals surface area (Å²) in [6.45, 7) is 0. The molecule has 2 heterocycles. The van der Waals surface area contributed by atoms with Gasteiger partial charge in [0, 0.05) is 23.6 Å². The standard InChI is InChI=1S/C20H15NO3S/c1-23-17-11-18-15(20(22)14-6-2-3-7-16(14)24-18)10-13(17)12-25-19-8-4-5-9-21-19/h2-11H,12H2,1H3. The Hall–Kier alpha value is -2.79. The number of pyridine rings is 1. The van der Waals surface area contributed by atoms with E-state index >= 15 is 0 Å². The van der Waals surface area contributed by atoms with E-state index in [1.165, 1.54) is 0 Å². The molecular weight excluding hydrogens is 334 g/mol. The maximum atomic E-state index is 12.8. The minimum Gasteiger partial charge on any atom is -0.496 e.